The highest BCUT2D eigenvalue weighted by Gasteiger charge is 2.23. The average Bonchev–Trinajstić information content (AvgIpc) is 2.76. The van der Waals surface area contributed by atoms with Crippen molar-refractivity contribution in [2.24, 2.45) is 0 Å². The van der Waals surface area contributed by atoms with E-state index < -0.39 is 11.9 Å². The number of hydrogen-bond acceptors (Lipinski definition) is 7. The fourth-order valence-electron chi connectivity index (χ4n) is 3.47. The molecule has 2 aromatic rings. The Bertz CT molecular complexity index is 1430. The average molecular weight is 428 g/mol. The Balaban J connectivity index is 2.04. The normalized spacial score (nSPS) is 10.8. The second kappa shape index (κ2) is 8.03. The summed E-state index contributed by atoms with van der Waals surface area (Å²) in [5, 5.41) is 8.96. The van der Waals surface area contributed by atoms with E-state index >= 15 is 0 Å². The molecule has 160 valence electrons. The number of rotatable bonds is 4. The Hall–Kier alpha value is -4.39. The predicted octanol–water partition coefficient (Wildman–Crippen LogP) is 4.53. The fourth-order valence-corrected chi connectivity index (χ4v) is 3.47. The Morgan fingerprint density at radius 1 is 1.03 bits per heavy atom. The number of ether oxygens (including phenoxy) is 2. The summed E-state index contributed by atoms with van der Waals surface area (Å²) in [6.07, 6.45) is 0. The molecule has 2 aromatic carbocycles. The van der Waals surface area contributed by atoms with Crippen molar-refractivity contribution in [3.63, 3.8) is 0 Å². The Morgan fingerprint density at radius 2 is 1.78 bits per heavy atom. The minimum atomic E-state index is -0.596. The molecular weight excluding hydrogens is 408 g/mol. The van der Waals surface area contributed by atoms with Gasteiger partial charge in [0, 0.05) is 39.9 Å². The molecule has 0 saturated heterocycles. The van der Waals surface area contributed by atoms with E-state index in [0.717, 1.165) is 5.39 Å². The molecule has 2 aliphatic rings. The van der Waals surface area contributed by atoms with Gasteiger partial charge in [0.2, 0.25) is 0 Å². The van der Waals surface area contributed by atoms with Crippen molar-refractivity contribution in [3.8, 4) is 28.2 Å². The molecule has 4 rings (SSSR count). The fraction of sp³-hybridized carbons (Fsp3) is 0.0800. The molecule has 1 aliphatic carbocycles. The lowest BCUT2D eigenvalue weighted by Gasteiger charge is -2.18. The Morgan fingerprint density at radius 3 is 2.50 bits per heavy atom. The van der Waals surface area contributed by atoms with Crippen molar-refractivity contribution in [2.75, 3.05) is 12.8 Å². The summed E-state index contributed by atoms with van der Waals surface area (Å²) in [6, 6.07) is 15.0. The molecule has 0 amide bonds. The molecule has 0 spiro atoms. The lowest BCUT2D eigenvalue weighted by atomic mass is 9.90. The van der Waals surface area contributed by atoms with Gasteiger partial charge in [-0.3, -0.25) is 0 Å². The first kappa shape index (κ1) is 20.9. The van der Waals surface area contributed by atoms with Crippen LogP contribution in [0.2, 0.25) is 0 Å². The van der Waals surface area contributed by atoms with E-state index in [1.165, 1.54) is 20.1 Å². The molecule has 0 atom stereocenters. The Kier molecular flexibility index (Phi) is 5.24. The summed E-state index contributed by atoms with van der Waals surface area (Å²) >= 11 is 0. The maximum absolute atomic E-state index is 12.7. The first-order valence-electron chi connectivity index (χ1n) is 9.69. The van der Waals surface area contributed by atoms with E-state index in [2.05, 4.69) is 6.58 Å². The van der Waals surface area contributed by atoms with Gasteiger partial charge in [0.15, 0.2) is 0 Å². The van der Waals surface area contributed by atoms with Crippen LogP contribution in [0.4, 0.5) is 5.69 Å². The smallest absolute Gasteiger partial charge is 0.338 e. The second-order valence-electron chi connectivity index (χ2n) is 7.31. The summed E-state index contributed by atoms with van der Waals surface area (Å²) in [5.74, 6) is -0.530. The molecule has 1 heterocycles. The van der Waals surface area contributed by atoms with Crippen LogP contribution in [-0.2, 0) is 9.53 Å². The number of methoxy groups -OCH3 is 1. The molecule has 0 fully saturated rings. The van der Waals surface area contributed by atoms with E-state index in [1.807, 2.05) is 6.07 Å². The number of nitrogens with one attached hydrogen (secondary N) is 1. The van der Waals surface area contributed by atoms with Crippen LogP contribution in [0.5, 0.6) is 5.75 Å². The van der Waals surface area contributed by atoms with Gasteiger partial charge >= 0.3 is 11.9 Å². The number of esters is 2. The molecule has 0 saturated carbocycles. The molecule has 7 nitrogen and oxygen atoms in total. The molecule has 32 heavy (non-hydrogen) atoms. The van der Waals surface area contributed by atoms with Gasteiger partial charge in [-0.2, -0.15) is 0 Å². The van der Waals surface area contributed by atoms with Gasteiger partial charge in [-0.15, -0.1) is 0 Å². The largest absolute Gasteiger partial charge is 0.465 e. The number of nitrogen functional groups attached to an aromatic ring is 1. The zero-order chi connectivity index (χ0) is 23.0. The van der Waals surface area contributed by atoms with Crippen molar-refractivity contribution >= 4 is 28.6 Å². The molecule has 0 unspecified atom stereocenters. The highest BCUT2D eigenvalue weighted by atomic mass is 16.5. The van der Waals surface area contributed by atoms with Gasteiger partial charge in [0.05, 0.1) is 18.0 Å². The Labute approximate surface area is 183 Å². The number of fused-ring (bicyclic) bond motifs is 2. The standard InChI is InChI=1S/C25H20N2O5/c1-13(2)24(28)31-16-6-9-17(20(12-16)25(29)30-3)23-18-7-4-14(26)10-21(18)32-22-11-15(27)5-8-19(22)23/h4-12,26H,1,27H2,2-3H3. The minimum absolute atomic E-state index is 0.189. The van der Waals surface area contributed by atoms with Crippen molar-refractivity contribution in [2.45, 2.75) is 6.92 Å². The monoisotopic (exact) mass is 428 g/mol. The number of carbonyl (C=O) groups excluding carboxylic acids is 2. The minimum Gasteiger partial charge on any atom is -0.465 e. The van der Waals surface area contributed by atoms with Crippen LogP contribution in [0.25, 0.3) is 33.4 Å². The quantitative estimate of drug-likeness (QED) is 0.162. The summed E-state index contributed by atoms with van der Waals surface area (Å²) in [4.78, 5) is 24.7. The summed E-state index contributed by atoms with van der Waals surface area (Å²) < 4.78 is 16.3. The van der Waals surface area contributed by atoms with E-state index in [1.54, 1.807) is 42.5 Å². The van der Waals surface area contributed by atoms with Crippen molar-refractivity contribution in [1.29, 1.82) is 5.41 Å². The first-order chi connectivity index (χ1) is 15.3. The molecule has 7 heteroatoms. The molecule has 0 radical (unpaired) electrons. The van der Waals surface area contributed by atoms with Gasteiger partial charge in [0.1, 0.15) is 17.1 Å². The van der Waals surface area contributed by atoms with Gasteiger partial charge in [-0.25, -0.2) is 9.59 Å². The van der Waals surface area contributed by atoms with Gasteiger partial charge in [-0.1, -0.05) is 6.58 Å². The molecule has 1 aliphatic heterocycles. The van der Waals surface area contributed by atoms with Crippen LogP contribution in [0.3, 0.4) is 0 Å². The van der Waals surface area contributed by atoms with E-state index in [9.17, 15) is 9.59 Å². The third-order valence-electron chi connectivity index (χ3n) is 4.97. The van der Waals surface area contributed by atoms with Gasteiger partial charge < -0.3 is 25.0 Å². The number of hydrogen-bond donors (Lipinski definition) is 2. The predicted molar refractivity (Wildman–Crippen MR) is 120 cm³/mol. The number of nitrogens with two attached hydrogens (primary N) is 1. The van der Waals surface area contributed by atoms with Crippen LogP contribution in [0.1, 0.15) is 17.3 Å². The SMILES string of the molecule is C=C(C)C(=O)Oc1ccc(-c2c3ccc(=N)cc-3oc3cc(N)ccc23)c(C(=O)OC)c1. The van der Waals surface area contributed by atoms with Crippen molar-refractivity contribution in [3.05, 3.63) is 77.7 Å². The summed E-state index contributed by atoms with van der Waals surface area (Å²) in [7, 11) is 1.28. The van der Waals surface area contributed by atoms with E-state index in [-0.39, 0.29) is 22.2 Å². The topological polar surface area (TPSA) is 116 Å². The third kappa shape index (κ3) is 3.72. The summed E-state index contributed by atoms with van der Waals surface area (Å²) in [6.45, 7) is 5.11. The maximum Gasteiger partial charge on any atom is 0.338 e. The summed E-state index contributed by atoms with van der Waals surface area (Å²) in [5.41, 5.74) is 9.38. The molecule has 3 N–H and O–H groups in total. The van der Waals surface area contributed by atoms with Crippen molar-refractivity contribution < 1.29 is 23.5 Å². The van der Waals surface area contributed by atoms with Crippen LogP contribution in [-0.4, -0.2) is 19.0 Å². The van der Waals surface area contributed by atoms with E-state index in [0.29, 0.717) is 33.7 Å². The van der Waals surface area contributed by atoms with Crippen LogP contribution >= 0.6 is 0 Å². The van der Waals surface area contributed by atoms with Crippen molar-refractivity contribution in [1.82, 2.24) is 0 Å². The van der Waals surface area contributed by atoms with Crippen LogP contribution in [0.15, 0.2) is 71.2 Å². The van der Waals surface area contributed by atoms with E-state index in [4.69, 9.17) is 25.0 Å². The lowest BCUT2D eigenvalue weighted by Crippen LogP contribution is -2.10. The lowest BCUT2D eigenvalue weighted by molar-refractivity contribution is -0.130. The van der Waals surface area contributed by atoms with Crippen LogP contribution in [0, 0.1) is 5.41 Å². The van der Waals surface area contributed by atoms with Crippen LogP contribution < -0.4 is 15.8 Å². The zero-order valence-electron chi connectivity index (χ0n) is 17.5. The number of benzene rings is 3. The second-order valence-corrected chi connectivity index (χ2v) is 7.31. The third-order valence-corrected chi connectivity index (χ3v) is 4.97. The van der Waals surface area contributed by atoms with Gasteiger partial charge in [-0.05, 0) is 55.0 Å². The highest BCUT2D eigenvalue weighted by molar-refractivity contribution is 6.08. The highest BCUT2D eigenvalue weighted by Crippen LogP contribution is 2.42. The number of carbonyl (C=O) groups is 2. The molecule has 0 bridgehead atoms. The maximum atomic E-state index is 12.7. The zero-order valence-corrected chi connectivity index (χ0v) is 17.5. The number of anilines is 1. The molecule has 0 aromatic heterocycles. The first-order valence-corrected chi connectivity index (χ1v) is 9.69. The molecular formula is C25H20N2O5. The van der Waals surface area contributed by atoms with Gasteiger partial charge in [0.25, 0.3) is 0 Å².